The lowest BCUT2D eigenvalue weighted by Gasteiger charge is -2.14. The van der Waals surface area contributed by atoms with Crippen molar-refractivity contribution in [3.8, 4) is 0 Å². The molecule has 1 atom stereocenters. The summed E-state index contributed by atoms with van der Waals surface area (Å²) >= 11 is 1.35. The Balaban J connectivity index is 1.95. The highest BCUT2D eigenvalue weighted by molar-refractivity contribution is 8.00. The Bertz CT molecular complexity index is 601. The maximum atomic E-state index is 11.9. The van der Waals surface area contributed by atoms with E-state index in [1.54, 1.807) is 24.3 Å². The third-order valence-electron chi connectivity index (χ3n) is 2.71. The van der Waals surface area contributed by atoms with E-state index in [1.165, 1.54) is 11.8 Å². The van der Waals surface area contributed by atoms with Crippen LogP contribution < -0.4 is 5.73 Å². The van der Waals surface area contributed by atoms with Crippen molar-refractivity contribution < 1.29 is 14.3 Å². The zero-order chi connectivity index (χ0) is 15.1. The molecule has 0 aliphatic heterocycles. The minimum atomic E-state index is -1.05. The molecule has 0 aromatic heterocycles. The van der Waals surface area contributed by atoms with Crippen LogP contribution in [0.2, 0.25) is 0 Å². The third-order valence-corrected chi connectivity index (χ3v) is 3.70. The molecule has 0 radical (unpaired) electrons. The molecule has 0 spiro atoms. The van der Waals surface area contributed by atoms with Crippen molar-refractivity contribution in [2.45, 2.75) is 11.0 Å². The summed E-state index contributed by atoms with van der Waals surface area (Å²) in [5.74, 6) is -1.03. The van der Waals surface area contributed by atoms with Gasteiger partial charge in [0.25, 0.3) is 5.91 Å². The summed E-state index contributed by atoms with van der Waals surface area (Å²) in [5.41, 5.74) is 5.87. The Morgan fingerprint density at radius 1 is 1.00 bits per heavy atom. The zero-order valence-corrected chi connectivity index (χ0v) is 12.1. The van der Waals surface area contributed by atoms with Crippen LogP contribution in [-0.2, 0) is 14.3 Å². The first-order valence-electron chi connectivity index (χ1n) is 6.38. The van der Waals surface area contributed by atoms with Gasteiger partial charge in [0.15, 0.2) is 0 Å². The number of carbonyl (C=O) groups is 2. The first kappa shape index (κ1) is 15.1. The molecule has 0 saturated carbocycles. The van der Waals surface area contributed by atoms with Gasteiger partial charge in [0, 0.05) is 10.5 Å². The minimum Gasteiger partial charge on any atom is -0.447 e. The Morgan fingerprint density at radius 2 is 1.57 bits per heavy atom. The number of amides is 1. The molecule has 0 fully saturated rings. The van der Waals surface area contributed by atoms with Gasteiger partial charge in [-0.15, -0.1) is 11.8 Å². The first-order valence-corrected chi connectivity index (χ1v) is 7.37. The van der Waals surface area contributed by atoms with Crippen molar-refractivity contribution >= 4 is 23.6 Å². The van der Waals surface area contributed by atoms with Crippen LogP contribution in [0.15, 0.2) is 65.6 Å². The van der Waals surface area contributed by atoms with Crippen molar-refractivity contribution in [1.82, 2.24) is 0 Å². The van der Waals surface area contributed by atoms with Crippen LogP contribution in [0.25, 0.3) is 0 Å². The normalized spacial score (nSPS) is 11.6. The number of benzene rings is 2. The van der Waals surface area contributed by atoms with Crippen LogP contribution in [0.3, 0.4) is 0 Å². The van der Waals surface area contributed by atoms with Gasteiger partial charge in [-0.25, -0.2) is 0 Å². The number of ether oxygens (including phenoxy) is 1. The first-order chi connectivity index (χ1) is 10.2. The molecule has 0 aliphatic rings. The van der Waals surface area contributed by atoms with Crippen molar-refractivity contribution in [3.63, 3.8) is 0 Å². The van der Waals surface area contributed by atoms with Gasteiger partial charge >= 0.3 is 5.97 Å². The summed E-state index contributed by atoms with van der Waals surface area (Å²) < 4.78 is 5.19. The van der Waals surface area contributed by atoms with Gasteiger partial charge in [0.1, 0.15) is 0 Å². The van der Waals surface area contributed by atoms with Crippen molar-refractivity contribution in [2.75, 3.05) is 5.75 Å². The SMILES string of the molecule is NC(=O)[C@@H](OC(=O)CSc1ccccc1)c1ccccc1. The third kappa shape index (κ3) is 4.65. The van der Waals surface area contributed by atoms with Crippen LogP contribution in [-0.4, -0.2) is 17.6 Å². The standard InChI is InChI=1S/C16H15NO3S/c17-16(19)15(12-7-3-1-4-8-12)20-14(18)11-21-13-9-5-2-6-10-13/h1-10,15H,11H2,(H2,17,19)/t15-/m0/s1. The Labute approximate surface area is 127 Å². The minimum absolute atomic E-state index is 0.126. The number of nitrogens with two attached hydrogens (primary N) is 1. The largest absolute Gasteiger partial charge is 0.447 e. The summed E-state index contributed by atoms with van der Waals surface area (Å²) in [4.78, 5) is 24.3. The van der Waals surface area contributed by atoms with E-state index in [-0.39, 0.29) is 5.75 Å². The van der Waals surface area contributed by atoms with Gasteiger partial charge in [0.05, 0.1) is 5.75 Å². The fraction of sp³-hybridized carbons (Fsp3) is 0.125. The fourth-order valence-electron chi connectivity index (χ4n) is 1.74. The van der Waals surface area contributed by atoms with E-state index < -0.39 is 18.0 Å². The number of hydrogen-bond donors (Lipinski definition) is 1. The zero-order valence-electron chi connectivity index (χ0n) is 11.3. The maximum Gasteiger partial charge on any atom is 0.317 e. The highest BCUT2D eigenvalue weighted by Crippen LogP contribution is 2.20. The second kappa shape index (κ2) is 7.50. The van der Waals surface area contributed by atoms with Crippen molar-refractivity contribution in [1.29, 1.82) is 0 Å². The predicted molar refractivity (Wildman–Crippen MR) is 81.6 cm³/mol. The predicted octanol–water partition coefficient (Wildman–Crippen LogP) is 2.55. The van der Waals surface area contributed by atoms with Crippen LogP contribution in [0, 0.1) is 0 Å². The average Bonchev–Trinajstić information content (AvgIpc) is 2.52. The van der Waals surface area contributed by atoms with Crippen LogP contribution in [0.4, 0.5) is 0 Å². The number of thioether (sulfide) groups is 1. The van der Waals surface area contributed by atoms with Gasteiger partial charge in [-0.05, 0) is 12.1 Å². The quantitative estimate of drug-likeness (QED) is 0.657. The Hall–Kier alpha value is -2.27. The molecular formula is C16H15NO3S. The Morgan fingerprint density at radius 3 is 2.14 bits per heavy atom. The van der Waals surface area contributed by atoms with E-state index in [1.807, 2.05) is 36.4 Å². The van der Waals surface area contributed by atoms with E-state index in [9.17, 15) is 9.59 Å². The summed E-state index contributed by atoms with van der Waals surface area (Å²) in [6.07, 6.45) is -1.05. The molecule has 0 unspecified atom stereocenters. The van der Waals surface area contributed by atoms with Gasteiger partial charge < -0.3 is 10.5 Å². The number of esters is 1. The van der Waals surface area contributed by atoms with Crippen molar-refractivity contribution in [3.05, 3.63) is 66.2 Å². The molecule has 0 bridgehead atoms. The molecular weight excluding hydrogens is 286 g/mol. The van der Waals surface area contributed by atoms with Crippen LogP contribution >= 0.6 is 11.8 Å². The maximum absolute atomic E-state index is 11.9. The monoisotopic (exact) mass is 301 g/mol. The molecule has 0 saturated heterocycles. The molecule has 2 aromatic carbocycles. The summed E-state index contributed by atoms with van der Waals surface area (Å²) in [5, 5.41) is 0. The lowest BCUT2D eigenvalue weighted by molar-refractivity contribution is -0.152. The van der Waals surface area contributed by atoms with E-state index in [2.05, 4.69) is 0 Å². The molecule has 2 N–H and O–H groups in total. The molecule has 1 amide bonds. The fourth-order valence-corrected chi connectivity index (χ4v) is 2.44. The lowest BCUT2D eigenvalue weighted by Crippen LogP contribution is -2.26. The van der Waals surface area contributed by atoms with Crippen LogP contribution in [0.1, 0.15) is 11.7 Å². The molecule has 5 heteroatoms. The van der Waals surface area contributed by atoms with Crippen molar-refractivity contribution in [2.24, 2.45) is 5.73 Å². The number of primary amides is 1. The molecule has 0 heterocycles. The molecule has 2 aromatic rings. The number of rotatable bonds is 6. The molecule has 108 valence electrons. The van der Waals surface area contributed by atoms with E-state index in [0.717, 1.165) is 4.90 Å². The smallest absolute Gasteiger partial charge is 0.317 e. The Kier molecular flexibility index (Phi) is 5.40. The molecule has 21 heavy (non-hydrogen) atoms. The molecule has 4 nitrogen and oxygen atoms in total. The number of hydrogen-bond acceptors (Lipinski definition) is 4. The van der Waals surface area contributed by atoms with E-state index >= 15 is 0 Å². The van der Waals surface area contributed by atoms with Gasteiger partial charge in [-0.2, -0.15) is 0 Å². The lowest BCUT2D eigenvalue weighted by atomic mass is 10.1. The van der Waals surface area contributed by atoms with Gasteiger partial charge in [-0.1, -0.05) is 48.5 Å². The topological polar surface area (TPSA) is 69.4 Å². The molecule has 2 rings (SSSR count). The summed E-state index contributed by atoms with van der Waals surface area (Å²) in [7, 11) is 0. The molecule has 0 aliphatic carbocycles. The summed E-state index contributed by atoms with van der Waals surface area (Å²) in [6, 6.07) is 18.2. The highest BCUT2D eigenvalue weighted by atomic mass is 32.2. The van der Waals surface area contributed by atoms with E-state index in [0.29, 0.717) is 5.56 Å². The highest BCUT2D eigenvalue weighted by Gasteiger charge is 2.22. The van der Waals surface area contributed by atoms with Gasteiger partial charge in [0.2, 0.25) is 6.10 Å². The average molecular weight is 301 g/mol. The second-order valence-electron chi connectivity index (χ2n) is 4.28. The van der Waals surface area contributed by atoms with Crippen LogP contribution in [0.5, 0.6) is 0 Å². The van der Waals surface area contributed by atoms with Gasteiger partial charge in [-0.3, -0.25) is 9.59 Å². The number of carbonyl (C=O) groups excluding carboxylic acids is 2. The van der Waals surface area contributed by atoms with E-state index in [4.69, 9.17) is 10.5 Å². The summed E-state index contributed by atoms with van der Waals surface area (Å²) in [6.45, 7) is 0. The second-order valence-corrected chi connectivity index (χ2v) is 5.33.